The third-order valence-electron chi connectivity index (χ3n) is 5.30. The number of aliphatic hydroxyl groups excluding tert-OH is 1. The second-order valence-corrected chi connectivity index (χ2v) is 8.08. The second kappa shape index (κ2) is 21.7. The maximum Gasteiger partial charge on any atom is 0.220 e. The van der Waals surface area contributed by atoms with E-state index in [1.807, 2.05) is 11.9 Å². The van der Waals surface area contributed by atoms with Gasteiger partial charge in [0, 0.05) is 26.1 Å². The molecule has 4 heteroatoms. The molecule has 27 heavy (non-hydrogen) atoms. The number of aliphatic hydroxyl groups is 1. The van der Waals surface area contributed by atoms with Gasteiger partial charge in [-0.25, -0.2) is 0 Å². The summed E-state index contributed by atoms with van der Waals surface area (Å²) in [6, 6.07) is 0. The van der Waals surface area contributed by atoms with Crippen molar-refractivity contribution in [1.82, 2.24) is 10.2 Å². The van der Waals surface area contributed by atoms with Gasteiger partial charge in [0.1, 0.15) is 0 Å². The fourth-order valence-electron chi connectivity index (χ4n) is 3.41. The average molecular weight is 385 g/mol. The lowest BCUT2D eigenvalue weighted by molar-refractivity contribution is -0.121. The van der Waals surface area contributed by atoms with E-state index in [1.54, 1.807) is 0 Å². The molecule has 0 fully saturated rings. The molecule has 0 rings (SSSR count). The largest absolute Gasteiger partial charge is 0.395 e. The van der Waals surface area contributed by atoms with Gasteiger partial charge in [-0.1, -0.05) is 96.8 Å². The summed E-state index contributed by atoms with van der Waals surface area (Å²) in [5.74, 6) is 0.169. The number of hydrogen-bond acceptors (Lipinski definition) is 3. The van der Waals surface area contributed by atoms with E-state index in [0.29, 0.717) is 19.5 Å². The Bertz CT molecular complexity index is 311. The Morgan fingerprint density at radius 1 is 0.741 bits per heavy atom. The number of rotatable bonds is 21. The number of nitrogens with zero attached hydrogens (tertiary/aromatic N) is 1. The summed E-state index contributed by atoms with van der Waals surface area (Å²) in [5.41, 5.74) is 0. The zero-order chi connectivity index (χ0) is 20.0. The van der Waals surface area contributed by atoms with Crippen molar-refractivity contribution in [2.45, 2.75) is 110 Å². The highest BCUT2D eigenvalue weighted by Gasteiger charge is 2.02. The molecule has 1 amide bonds. The Hall–Kier alpha value is -0.610. The molecule has 0 aliphatic rings. The molecule has 0 atom stereocenters. The van der Waals surface area contributed by atoms with Crippen LogP contribution >= 0.6 is 0 Å². The lowest BCUT2D eigenvalue weighted by atomic mass is 10.0. The van der Waals surface area contributed by atoms with Gasteiger partial charge >= 0.3 is 0 Å². The number of carbonyl (C=O) groups excluding carboxylic acids is 1. The zero-order valence-corrected chi connectivity index (χ0v) is 18.4. The Labute approximate surface area is 169 Å². The fraction of sp³-hybridized carbons (Fsp3) is 0.957. The molecule has 0 aliphatic heterocycles. The van der Waals surface area contributed by atoms with E-state index in [0.717, 1.165) is 13.0 Å². The van der Waals surface area contributed by atoms with Crippen LogP contribution in [-0.4, -0.2) is 49.2 Å². The third-order valence-corrected chi connectivity index (χ3v) is 5.30. The lowest BCUT2D eigenvalue weighted by Crippen LogP contribution is -2.34. The molecule has 0 aromatic carbocycles. The van der Waals surface area contributed by atoms with Crippen molar-refractivity contribution in [1.29, 1.82) is 0 Å². The van der Waals surface area contributed by atoms with Gasteiger partial charge in [0.25, 0.3) is 0 Å². The summed E-state index contributed by atoms with van der Waals surface area (Å²) in [5, 5.41) is 11.8. The molecule has 2 N–H and O–H groups in total. The van der Waals surface area contributed by atoms with Crippen LogP contribution in [-0.2, 0) is 4.79 Å². The molecule has 0 bridgehead atoms. The number of unbranched alkanes of at least 4 members (excludes halogenated alkanes) is 14. The summed E-state index contributed by atoms with van der Waals surface area (Å²) in [6.07, 6.45) is 20.9. The topological polar surface area (TPSA) is 52.6 Å². The second-order valence-electron chi connectivity index (χ2n) is 8.08. The molecule has 0 radical (unpaired) electrons. The molecule has 0 aromatic heterocycles. The molecular formula is C23H48N2O2. The van der Waals surface area contributed by atoms with Crippen LogP contribution < -0.4 is 5.32 Å². The van der Waals surface area contributed by atoms with Crippen molar-refractivity contribution in [3.05, 3.63) is 0 Å². The van der Waals surface area contributed by atoms with Crippen molar-refractivity contribution in [2.24, 2.45) is 0 Å². The first-order valence-corrected chi connectivity index (χ1v) is 11.8. The van der Waals surface area contributed by atoms with Crippen LogP contribution in [0.5, 0.6) is 0 Å². The minimum Gasteiger partial charge on any atom is -0.395 e. The highest BCUT2D eigenvalue weighted by Crippen LogP contribution is 2.13. The van der Waals surface area contributed by atoms with Crippen molar-refractivity contribution in [3.8, 4) is 0 Å². The zero-order valence-electron chi connectivity index (χ0n) is 18.4. The van der Waals surface area contributed by atoms with Crippen LogP contribution in [0, 0.1) is 0 Å². The normalized spacial score (nSPS) is 11.3. The maximum absolute atomic E-state index is 11.7. The van der Waals surface area contributed by atoms with Crippen LogP contribution in [0.15, 0.2) is 0 Å². The minimum atomic E-state index is 0.169. The number of carbonyl (C=O) groups is 1. The molecular weight excluding hydrogens is 336 g/mol. The molecule has 0 unspecified atom stereocenters. The maximum atomic E-state index is 11.7. The molecule has 162 valence electrons. The van der Waals surface area contributed by atoms with Crippen molar-refractivity contribution in [3.63, 3.8) is 0 Å². The summed E-state index contributed by atoms with van der Waals surface area (Å²) < 4.78 is 0. The highest BCUT2D eigenvalue weighted by molar-refractivity contribution is 5.75. The van der Waals surface area contributed by atoms with Gasteiger partial charge in [-0.3, -0.25) is 4.79 Å². The predicted octanol–water partition coefficient (Wildman–Crippen LogP) is 5.29. The van der Waals surface area contributed by atoms with Gasteiger partial charge in [-0.05, 0) is 13.5 Å². The fourth-order valence-corrected chi connectivity index (χ4v) is 3.41. The summed E-state index contributed by atoms with van der Waals surface area (Å²) in [7, 11) is 1.96. The summed E-state index contributed by atoms with van der Waals surface area (Å²) in [6.45, 7) is 4.58. The molecule has 0 spiro atoms. The van der Waals surface area contributed by atoms with Gasteiger partial charge in [0.15, 0.2) is 0 Å². The SMILES string of the molecule is CCCCCCCCCCCCCCCCCC(=O)NCCN(C)CCO. The predicted molar refractivity (Wildman–Crippen MR) is 117 cm³/mol. The van der Waals surface area contributed by atoms with Crippen LogP contribution in [0.25, 0.3) is 0 Å². The Morgan fingerprint density at radius 2 is 1.19 bits per heavy atom. The third kappa shape index (κ3) is 21.5. The van der Waals surface area contributed by atoms with Gasteiger partial charge in [0.2, 0.25) is 5.91 Å². The first kappa shape index (κ1) is 26.4. The van der Waals surface area contributed by atoms with Crippen molar-refractivity contribution >= 4 is 5.91 Å². The molecule has 0 saturated carbocycles. The van der Waals surface area contributed by atoms with E-state index in [1.165, 1.54) is 89.9 Å². The van der Waals surface area contributed by atoms with Gasteiger partial charge in [-0.2, -0.15) is 0 Å². The Kier molecular flexibility index (Phi) is 21.2. The average Bonchev–Trinajstić information content (AvgIpc) is 2.65. The first-order valence-electron chi connectivity index (χ1n) is 11.8. The van der Waals surface area contributed by atoms with Crippen LogP contribution in [0.2, 0.25) is 0 Å². The minimum absolute atomic E-state index is 0.169. The molecule has 0 aliphatic carbocycles. The van der Waals surface area contributed by atoms with Gasteiger partial charge in [0.05, 0.1) is 6.61 Å². The first-order chi connectivity index (χ1) is 13.2. The lowest BCUT2D eigenvalue weighted by Gasteiger charge is -2.15. The van der Waals surface area contributed by atoms with Crippen molar-refractivity contribution in [2.75, 3.05) is 33.3 Å². The Balaban J connectivity index is 3.16. The number of nitrogens with one attached hydrogen (secondary N) is 1. The number of likely N-dealkylation sites (N-methyl/N-ethyl adjacent to an activating group) is 1. The van der Waals surface area contributed by atoms with Gasteiger partial charge < -0.3 is 15.3 Å². The van der Waals surface area contributed by atoms with Crippen LogP contribution in [0.4, 0.5) is 0 Å². The van der Waals surface area contributed by atoms with E-state index in [9.17, 15) is 4.79 Å². The number of hydrogen-bond donors (Lipinski definition) is 2. The monoisotopic (exact) mass is 384 g/mol. The Morgan fingerprint density at radius 3 is 1.63 bits per heavy atom. The highest BCUT2D eigenvalue weighted by atomic mass is 16.3. The molecule has 0 heterocycles. The molecule has 0 saturated heterocycles. The van der Waals surface area contributed by atoms with Crippen molar-refractivity contribution < 1.29 is 9.90 Å². The summed E-state index contributed by atoms with van der Waals surface area (Å²) in [4.78, 5) is 13.8. The van der Waals surface area contributed by atoms with Crippen LogP contribution in [0.3, 0.4) is 0 Å². The molecule has 4 nitrogen and oxygen atoms in total. The standard InChI is InChI=1S/C23H48N2O2/c1-3-4-5-6-7-8-9-10-11-12-13-14-15-16-17-18-23(27)24-19-20-25(2)21-22-26/h26H,3-22H2,1-2H3,(H,24,27). The van der Waals surface area contributed by atoms with E-state index < -0.39 is 0 Å². The van der Waals surface area contributed by atoms with Gasteiger partial charge in [-0.15, -0.1) is 0 Å². The summed E-state index contributed by atoms with van der Waals surface area (Å²) >= 11 is 0. The van der Waals surface area contributed by atoms with E-state index >= 15 is 0 Å². The smallest absolute Gasteiger partial charge is 0.220 e. The van der Waals surface area contributed by atoms with E-state index in [4.69, 9.17) is 5.11 Å². The van der Waals surface area contributed by atoms with E-state index in [-0.39, 0.29) is 12.5 Å². The number of amides is 1. The van der Waals surface area contributed by atoms with E-state index in [2.05, 4.69) is 12.2 Å². The molecule has 0 aromatic rings. The van der Waals surface area contributed by atoms with Crippen LogP contribution in [0.1, 0.15) is 110 Å². The quantitative estimate of drug-likeness (QED) is 0.264.